The van der Waals surface area contributed by atoms with E-state index in [9.17, 15) is 4.79 Å². The summed E-state index contributed by atoms with van der Waals surface area (Å²) in [5.41, 5.74) is 2.05. The number of carbonyl (C=O) groups excluding carboxylic acids is 1. The van der Waals surface area contributed by atoms with Gasteiger partial charge in [-0.1, -0.05) is 67.0 Å². The van der Waals surface area contributed by atoms with Gasteiger partial charge in [0.05, 0.1) is 16.5 Å². The summed E-state index contributed by atoms with van der Waals surface area (Å²) in [5, 5.41) is 16.3. The van der Waals surface area contributed by atoms with E-state index in [1.165, 1.54) is 23.1 Å². The molecule has 34 heavy (non-hydrogen) atoms. The quantitative estimate of drug-likeness (QED) is 0.241. The summed E-state index contributed by atoms with van der Waals surface area (Å²) < 4.78 is 1.94. The average molecular weight is 533 g/mol. The van der Waals surface area contributed by atoms with Crippen LogP contribution >= 0.6 is 46.3 Å². The largest absolute Gasteiger partial charge is 0.351 e. The Kier molecular flexibility index (Phi) is 8.26. The molecule has 2 aromatic carbocycles. The minimum atomic E-state index is -0.142. The fourth-order valence-electron chi connectivity index (χ4n) is 3.20. The van der Waals surface area contributed by atoms with Gasteiger partial charge in [-0.2, -0.15) is 0 Å². The van der Waals surface area contributed by atoms with Gasteiger partial charge in [0.25, 0.3) is 5.91 Å². The predicted octanol–water partition coefficient (Wildman–Crippen LogP) is 6.77. The van der Waals surface area contributed by atoms with Crippen LogP contribution in [-0.2, 0) is 5.75 Å². The monoisotopic (exact) mass is 531 g/mol. The molecule has 6 nitrogen and oxygen atoms in total. The van der Waals surface area contributed by atoms with Crippen LogP contribution < -0.4 is 5.32 Å². The van der Waals surface area contributed by atoms with Gasteiger partial charge >= 0.3 is 0 Å². The van der Waals surface area contributed by atoms with Crippen molar-refractivity contribution in [1.82, 2.24) is 25.1 Å². The summed E-state index contributed by atoms with van der Waals surface area (Å²) in [6.07, 6.45) is 0.936. The van der Waals surface area contributed by atoms with Crippen molar-refractivity contribution < 1.29 is 4.79 Å². The normalized spacial score (nSPS) is 11.2. The van der Waals surface area contributed by atoms with Gasteiger partial charge < -0.3 is 5.32 Å². The second-order valence-corrected chi connectivity index (χ2v) is 10.7. The number of carbonyl (C=O) groups is 1. The first-order valence-electron chi connectivity index (χ1n) is 10.7. The van der Waals surface area contributed by atoms with E-state index in [0.717, 1.165) is 22.7 Å². The Balaban J connectivity index is 1.56. The first kappa shape index (κ1) is 24.7. The molecule has 1 amide bonds. The summed E-state index contributed by atoms with van der Waals surface area (Å²) in [7, 11) is 0. The molecule has 4 aromatic rings. The van der Waals surface area contributed by atoms with Crippen LogP contribution in [0.25, 0.3) is 17.1 Å². The van der Waals surface area contributed by atoms with E-state index >= 15 is 0 Å². The zero-order valence-electron chi connectivity index (χ0n) is 18.7. The van der Waals surface area contributed by atoms with Crippen LogP contribution in [0.2, 0.25) is 10.0 Å². The summed E-state index contributed by atoms with van der Waals surface area (Å²) in [5.74, 6) is 1.57. The molecule has 2 heterocycles. The highest BCUT2D eigenvalue weighted by Gasteiger charge is 2.19. The standard InChI is InChI=1S/C24H23Cl2N5OS2/c1-15(2)10-11-27-23(32)20-13-33-21(28-20)14-34-24-30-29-22(18-8-3-4-9-19(18)26)31(24)17-7-5-6-16(25)12-17/h3-9,12-13,15H,10-11,14H2,1-2H3,(H,27,32). The Morgan fingerprint density at radius 1 is 1.15 bits per heavy atom. The molecule has 4 rings (SSSR count). The van der Waals surface area contributed by atoms with Gasteiger partial charge in [0.2, 0.25) is 0 Å². The molecule has 0 saturated carbocycles. The van der Waals surface area contributed by atoms with Gasteiger partial charge in [-0.25, -0.2) is 4.98 Å². The Hall–Kier alpha value is -2.39. The van der Waals surface area contributed by atoms with Crippen molar-refractivity contribution in [1.29, 1.82) is 0 Å². The number of nitrogens with one attached hydrogen (secondary N) is 1. The number of rotatable bonds is 9. The molecule has 0 unspecified atom stereocenters. The molecule has 0 radical (unpaired) electrons. The molecule has 0 fully saturated rings. The van der Waals surface area contributed by atoms with E-state index in [0.29, 0.717) is 44.9 Å². The lowest BCUT2D eigenvalue weighted by Crippen LogP contribution is -2.25. The number of hydrogen-bond donors (Lipinski definition) is 1. The minimum absolute atomic E-state index is 0.142. The lowest BCUT2D eigenvalue weighted by Gasteiger charge is -2.11. The highest BCUT2D eigenvalue weighted by atomic mass is 35.5. The number of nitrogens with zero attached hydrogens (tertiary/aromatic N) is 4. The fraction of sp³-hybridized carbons (Fsp3) is 0.250. The summed E-state index contributed by atoms with van der Waals surface area (Å²) >= 11 is 15.7. The number of aromatic nitrogens is 4. The Labute approximate surface area is 216 Å². The first-order chi connectivity index (χ1) is 16.4. The molecule has 176 valence electrons. The second kappa shape index (κ2) is 11.4. The molecule has 1 N–H and O–H groups in total. The van der Waals surface area contributed by atoms with Crippen molar-refractivity contribution in [3.8, 4) is 17.1 Å². The van der Waals surface area contributed by atoms with Gasteiger partial charge in [0, 0.05) is 22.5 Å². The molecule has 0 aliphatic rings. The van der Waals surface area contributed by atoms with Gasteiger partial charge in [-0.3, -0.25) is 9.36 Å². The van der Waals surface area contributed by atoms with Gasteiger partial charge in [0.15, 0.2) is 11.0 Å². The molecule has 0 bridgehead atoms. The van der Waals surface area contributed by atoms with E-state index < -0.39 is 0 Å². The Morgan fingerprint density at radius 2 is 1.97 bits per heavy atom. The molecule has 0 saturated heterocycles. The maximum Gasteiger partial charge on any atom is 0.270 e. The number of thioether (sulfide) groups is 1. The molecule has 0 aliphatic heterocycles. The molecule has 10 heteroatoms. The number of amides is 1. The van der Waals surface area contributed by atoms with E-state index in [2.05, 4.69) is 34.3 Å². The van der Waals surface area contributed by atoms with Crippen LogP contribution in [0, 0.1) is 5.92 Å². The summed E-state index contributed by atoms with van der Waals surface area (Å²) in [4.78, 5) is 16.9. The van der Waals surface area contributed by atoms with Gasteiger partial charge in [0.1, 0.15) is 10.7 Å². The topological polar surface area (TPSA) is 72.7 Å². The molecular weight excluding hydrogens is 509 g/mol. The summed E-state index contributed by atoms with van der Waals surface area (Å²) in [6.45, 7) is 4.90. The first-order valence-corrected chi connectivity index (χ1v) is 13.4. The number of thiazole rings is 1. The number of benzene rings is 2. The third-order valence-electron chi connectivity index (χ3n) is 4.93. The molecule has 0 atom stereocenters. The molecule has 0 spiro atoms. The third-order valence-corrected chi connectivity index (χ3v) is 7.47. The Morgan fingerprint density at radius 3 is 2.74 bits per heavy atom. The van der Waals surface area contributed by atoms with E-state index in [1.54, 1.807) is 5.38 Å². The van der Waals surface area contributed by atoms with Crippen molar-refractivity contribution in [2.45, 2.75) is 31.2 Å². The molecular formula is C24H23Cl2N5OS2. The maximum absolute atomic E-state index is 12.4. The zero-order chi connectivity index (χ0) is 24.1. The maximum atomic E-state index is 12.4. The van der Waals surface area contributed by atoms with Crippen molar-refractivity contribution in [2.75, 3.05) is 6.54 Å². The second-order valence-electron chi connectivity index (χ2n) is 7.95. The van der Waals surface area contributed by atoms with Crippen LogP contribution in [0.1, 0.15) is 35.8 Å². The summed E-state index contributed by atoms with van der Waals surface area (Å²) in [6, 6.07) is 15.0. The minimum Gasteiger partial charge on any atom is -0.351 e. The highest BCUT2D eigenvalue weighted by molar-refractivity contribution is 7.98. The lowest BCUT2D eigenvalue weighted by molar-refractivity contribution is 0.0947. The van der Waals surface area contributed by atoms with Crippen molar-refractivity contribution in [3.63, 3.8) is 0 Å². The Bertz CT molecular complexity index is 1290. The van der Waals surface area contributed by atoms with Crippen molar-refractivity contribution in [2.24, 2.45) is 5.92 Å². The number of halogens is 2. The fourth-order valence-corrected chi connectivity index (χ4v) is 5.35. The van der Waals surface area contributed by atoms with Gasteiger partial charge in [-0.05, 0) is 42.7 Å². The van der Waals surface area contributed by atoms with E-state index in [-0.39, 0.29) is 5.91 Å². The van der Waals surface area contributed by atoms with Crippen molar-refractivity contribution in [3.05, 3.63) is 74.7 Å². The van der Waals surface area contributed by atoms with Crippen molar-refractivity contribution >= 4 is 52.2 Å². The van der Waals surface area contributed by atoms with E-state index in [1.807, 2.05) is 53.1 Å². The highest BCUT2D eigenvalue weighted by Crippen LogP contribution is 2.33. The van der Waals surface area contributed by atoms with Gasteiger partial charge in [-0.15, -0.1) is 21.5 Å². The number of hydrogen-bond acceptors (Lipinski definition) is 6. The molecule has 0 aliphatic carbocycles. The third kappa shape index (κ3) is 5.99. The SMILES string of the molecule is CC(C)CCNC(=O)c1csc(CSc2nnc(-c3ccccc3Cl)n2-c2cccc(Cl)c2)n1. The van der Waals surface area contributed by atoms with Crippen LogP contribution in [0.15, 0.2) is 59.1 Å². The van der Waals surface area contributed by atoms with Crippen LogP contribution in [-0.4, -0.2) is 32.2 Å². The smallest absolute Gasteiger partial charge is 0.270 e. The van der Waals surface area contributed by atoms with E-state index in [4.69, 9.17) is 23.2 Å². The van der Waals surface area contributed by atoms with Crippen LogP contribution in [0.5, 0.6) is 0 Å². The average Bonchev–Trinajstić information content (AvgIpc) is 3.45. The lowest BCUT2D eigenvalue weighted by atomic mass is 10.1. The van der Waals surface area contributed by atoms with Crippen LogP contribution in [0.4, 0.5) is 0 Å². The molecule has 2 aromatic heterocycles. The predicted molar refractivity (Wildman–Crippen MR) is 140 cm³/mol. The van der Waals surface area contributed by atoms with Crippen LogP contribution in [0.3, 0.4) is 0 Å². The zero-order valence-corrected chi connectivity index (χ0v) is 21.8.